The fraction of sp³-hybridized carbons (Fsp3) is 0.217. The quantitative estimate of drug-likeness (QED) is 0.205. The van der Waals surface area contributed by atoms with Gasteiger partial charge in [0, 0.05) is 35.8 Å². The van der Waals surface area contributed by atoms with Gasteiger partial charge in [0.25, 0.3) is 5.69 Å². The average Bonchev–Trinajstić information content (AvgIpc) is 3.06. The molecule has 0 bridgehead atoms. The highest BCUT2D eigenvalue weighted by Crippen LogP contribution is 2.25. The minimum absolute atomic E-state index is 0.256. The molecule has 1 heterocycles. The maximum absolute atomic E-state index is 13.1. The SMILES string of the molecule is Cc1cc(C(=O)COC(=O)c2ccc(S(C)(=O)=O)c([N+](=O)[O-])c2)c(C)n1Cc1ccc(F)cc1. The zero-order valence-electron chi connectivity index (χ0n) is 18.6. The summed E-state index contributed by atoms with van der Waals surface area (Å²) < 4.78 is 43.5. The van der Waals surface area contributed by atoms with Gasteiger partial charge in [0.1, 0.15) is 10.7 Å². The number of hydrogen-bond donors (Lipinski definition) is 0. The third-order valence-corrected chi connectivity index (χ3v) is 6.40. The van der Waals surface area contributed by atoms with Crippen LogP contribution in [0.3, 0.4) is 0 Å². The van der Waals surface area contributed by atoms with Crippen molar-refractivity contribution in [2.45, 2.75) is 25.3 Å². The largest absolute Gasteiger partial charge is 0.454 e. The van der Waals surface area contributed by atoms with Gasteiger partial charge in [-0.15, -0.1) is 0 Å². The Morgan fingerprint density at radius 1 is 1.09 bits per heavy atom. The van der Waals surface area contributed by atoms with E-state index >= 15 is 0 Å². The van der Waals surface area contributed by atoms with Crippen LogP contribution in [0.15, 0.2) is 53.4 Å². The fourth-order valence-corrected chi connectivity index (χ4v) is 4.32. The van der Waals surface area contributed by atoms with Crippen LogP contribution in [0.5, 0.6) is 0 Å². The lowest BCUT2D eigenvalue weighted by molar-refractivity contribution is -0.387. The molecule has 9 nitrogen and oxygen atoms in total. The van der Waals surface area contributed by atoms with Gasteiger partial charge in [-0.05, 0) is 49.7 Å². The van der Waals surface area contributed by atoms with E-state index in [9.17, 15) is 32.5 Å². The third kappa shape index (κ3) is 5.37. The minimum atomic E-state index is -3.88. The normalized spacial score (nSPS) is 11.3. The van der Waals surface area contributed by atoms with Crippen LogP contribution in [0.4, 0.5) is 10.1 Å². The van der Waals surface area contributed by atoms with Crippen molar-refractivity contribution in [2.75, 3.05) is 12.9 Å². The number of nitro benzene ring substituents is 1. The zero-order chi connectivity index (χ0) is 25.2. The van der Waals surface area contributed by atoms with Crippen molar-refractivity contribution in [1.82, 2.24) is 4.57 Å². The topological polar surface area (TPSA) is 126 Å². The van der Waals surface area contributed by atoms with Gasteiger partial charge in [0.15, 0.2) is 16.4 Å². The molecular weight excluding hydrogens is 467 g/mol. The lowest BCUT2D eigenvalue weighted by Crippen LogP contribution is -2.15. The summed E-state index contributed by atoms with van der Waals surface area (Å²) in [4.78, 5) is 34.8. The summed E-state index contributed by atoms with van der Waals surface area (Å²) in [5.41, 5.74) is 1.58. The van der Waals surface area contributed by atoms with E-state index in [1.54, 1.807) is 25.1 Å². The fourth-order valence-electron chi connectivity index (χ4n) is 3.49. The molecule has 2 aromatic carbocycles. The van der Waals surface area contributed by atoms with Gasteiger partial charge >= 0.3 is 5.97 Å². The van der Waals surface area contributed by atoms with Crippen LogP contribution in [-0.4, -0.2) is 42.5 Å². The highest BCUT2D eigenvalue weighted by Gasteiger charge is 2.25. The number of carbonyl (C=O) groups excluding carboxylic acids is 2. The second kappa shape index (κ2) is 9.56. The van der Waals surface area contributed by atoms with Crippen molar-refractivity contribution in [3.63, 3.8) is 0 Å². The number of hydrogen-bond acceptors (Lipinski definition) is 7. The molecule has 3 rings (SSSR count). The molecule has 0 amide bonds. The Morgan fingerprint density at radius 2 is 1.74 bits per heavy atom. The van der Waals surface area contributed by atoms with Crippen LogP contribution in [0.2, 0.25) is 0 Å². The number of esters is 1. The monoisotopic (exact) mass is 488 g/mol. The minimum Gasteiger partial charge on any atom is -0.454 e. The summed E-state index contributed by atoms with van der Waals surface area (Å²) in [6, 6.07) is 10.5. The molecule has 3 aromatic rings. The smallest absolute Gasteiger partial charge is 0.338 e. The summed E-state index contributed by atoms with van der Waals surface area (Å²) in [6.07, 6.45) is 0.818. The van der Waals surface area contributed by atoms with Crippen molar-refractivity contribution in [1.29, 1.82) is 0 Å². The van der Waals surface area contributed by atoms with Crippen LogP contribution in [0, 0.1) is 29.8 Å². The lowest BCUT2D eigenvalue weighted by atomic mass is 10.1. The molecule has 0 aliphatic carbocycles. The Labute approximate surface area is 194 Å². The van der Waals surface area contributed by atoms with Gasteiger partial charge in [-0.1, -0.05) is 12.1 Å². The number of Topliss-reactive ketones (excluding diaryl/α,β-unsaturated/α-hetero) is 1. The maximum Gasteiger partial charge on any atom is 0.338 e. The van der Waals surface area contributed by atoms with Crippen LogP contribution in [0.25, 0.3) is 0 Å². The van der Waals surface area contributed by atoms with Gasteiger partial charge in [-0.25, -0.2) is 17.6 Å². The first kappa shape index (κ1) is 24.8. The summed E-state index contributed by atoms with van der Waals surface area (Å²) in [6.45, 7) is 3.35. The number of ketones is 1. The molecule has 11 heteroatoms. The molecule has 34 heavy (non-hydrogen) atoms. The number of benzene rings is 2. The molecule has 0 unspecified atom stereocenters. The molecule has 0 fully saturated rings. The van der Waals surface area contributed by atoms with Crippen molar-refractivity contribution < 1.29 is 32.1 Å². The second-order valence-corrected chi connectivity index (χ2v) is 9.69. The van der Waals surface area contributed by atoms with Crippen LogP contribution < -0.4 is 0 Å². The Kier molecular flexibility index (Phi) is 6.96. The van der Waals surface area contributed by atoms with E-state index in [-0.39, 0.29) is 11.4 Å². The number of rotatable bonds is 8. The number of halogens is 1. The average molecular weight is 488 g/mol. The number of nitro groups is 1. The van der Waals surface area contributed by atoms with E-state index in [0.29, 0.717) is 17.8 Å². The number of nitrogens with zero attached hydrogens (tertiary/aromatic N) is 2. The standard InChI is InChI=1S/C23H21FN2O7S/c1-14-10-19(15(2)25(14)12-16-4-7-18(24)8-5-16)21(27)13-33-23(28)17-6-9-22(34(3,31)32)20(11-17)26(29)30/h4-11H,12-13H2,1-3H3. The van der Waals surface area contributed by atoms with E-state index in [0.717, 1.165) is 35.7 Å². The first-order valence-corrected chi connectivity index (χ1v) is 11.9. The number of sulfone groups is 1. The molecule has 0 saturated heterocycles. The lowest BCUT2D eigenvalue weighted by Gasteiger charge is -2.10. The highest BCUT2D eigenvalue weighted by molar-refractivity contribution is 7.90. The summed E-state index contributed by atoms with van der Waals surface area (Å²) >= 11 is 0. The van der Waals surface area contributed by atoms with Gasteiger partial charge in [-0.2, -0.15) is 0 Å². The third-order valence-electron chi connectivity index (χ3n) is 5.25. The first-order valence-electron chi connectivity index (χ1n) is 9.98. The zero-order valence-corrected chi connectivity index (χ0v) is 19.4. The second-order valence-electron chi connectivity index (χ2n) is 7.71. The Bertz CT molecular complexity index is 1390. The van der Waals surface area contributed by atoms with Crippen molar-refractivity contribution in [2.24, 2.45) is 0 Å². The molecule has 1 aromatic heterocycles. The first-order chi connectivity index (χ1) is 15.9. The Hall–Kier alpha value is -3.86. The molecule has 0 aliphatic heterocycles. The molecule has 0 radical (unpaired) electrons. The van der Waals surface area contributed by atoms with Gasteiger partial charge in [0.05, 0.1) is 10.5 Å². The van der Waals surface area contributed by atoms with E-state index in [1.807, 2.05) is 11.5 Å². The molecule has 0 atom stereocenters. The molecule has 0 saturated carbocycles. The summed E-state index contributed by atoms with van der Waals surface area (Å²) in [5.74, 6) is -1.83. The summed E-state index contributed by atoms with van der Waals surface area (Å²) in [5, 5.41) is 11.2. The number of carbonyl (C=O) groups is 2. The van der Waals surface area contributed by atoms with Crippen LogP contribution in [0.1, 0.15) is 37.7 Å². The number of aryl methyl sites for hydroxylation is 1. The van der Waals surface area contributed by atoms with E-state index in [4.69, 9.17) is 4.74 Å². The van der Waals surface area contributed by atoms with Crippen LogP contribution >= 0.6 is 0 Å². The van der Waals surface area contributed by atoms with Crippen molar-refractivity contribution in [3.8, 4) is 0 Å². The number of ether oxygens (including phenoxy) is 1. The van der Waals surface area contributed by atoms with Gasteiger partial charge < -0.3 is 9.30 Å². The molecule has 0 N–H and O–H groups in total. The van der Waals surface area contributed by atoms with Gasteiger partial charge in [-0.3, -0.25) is 14.9 Å². The maximum atomic E-state index is 13.1. The molecule has 178 valence electrons. The van der Waals surface area contributed by atoms with Crippen LogP contribution in [-0.2, 0) is 21.1 Å². The number of aromatic nitrogens is 1. The van der Waals surface area contributed by atoms with E-state index < -0.39 is 43.7 Å². The van der Waals surface area contributed by atoms with Crippen molar-refractivity contribution >= 4 is 27.3 Å². The predicted molar refractivity (Wildman–Crippen MR) is 120 cm³/mol. The molecular formula is C23H21FN2O7S. The van der Waals surface area contributed by atoms with Crippen molar-refractivity contribution in [3.05, 3.63) is 92.5 Å². The Morgan fingerprint density at radius 3 is 2.32 bits per heavy atom. The van der Waals surface area contributed by atoms with E-state index in [2.05, 4.69) is 0 Å². The summed E-state index contributed by atoms with van der Waals surface area (Å²) in [7, 11) is -3.88. The Balaban J connectivity index is 1.75. The molecule has 0 spiro atoms. The van der Waals surface area contributed by atoms with Gasteiger partial charge in [0.2, 0.25) is 5.78 Å². The molecule has 0 aliphatic rings. The van der Waals surface area contributed by atoms with E-state index in [1.165, 1.54) is 12.1 Å². The predicted octanol–water partition coefficient (Wildman–Crippen LogP) is 3.64. The highest BCUT2D eigenvalue weighted by atomic mass is 32.2.